The Balaban J connectivity index is 0.000000205. The highest BCUT2D eigenvalue weighted by Crippen LogP contribution is 2.51. The molecule has 0 aromatic heterocycles. The number of benzene rings is 6. The number of carbonyl (C=O) groups excluding carboxylic acids is 2. The molecule has 0 aliphatic heterocycles. The minimum absolute atomic E-state index is 0.0249. The molecule has 0 atom stereocenters. The van der Waals surface area contributed by atoms with Gasteiger partial charge in [0.2, 0.25) is 0 Å². The van der Waals surface area contributed by atoms with Gasteiger partial charge in [-0.25, -0.2) is 0 Å². The van der Waals surface area contributed by atoms with Crippen LogP contribution < -0.4 is 0 Å². The van der Waals surface area contributed by atoms with E-state index in [1.807, 2.05) is 74.4 Å². The average Bonchev–Trinajstić information content (AvgIpc) is 3.57. The van der Waals surface area contributed by atoms with E-state index >= 15 is 0 Å². The first-order valence-electron chi connectivity index (χ1n) is 24.0. The SMILES string of the molecule is CC(C)(C)C(=O)OCC1c2ccccc2-c2ccccc21.CC(C)(C)C(c1ccccc1)(c1ccccc1)c1ccccc1.CC(C)(C)OC(=O)C(C)(C)C.Cc1ccc(CC(C)(C)C)cc1. The second-order valence-corrected chi connectivity index (χ2v) is 23.1. The van der Waals surface area contributed by atoms with Crippen molar-refractivity contribution in [3.63, 3.8) is 0 Å². The number of esters is 2. The molecule has 6 aromatic carbocycles. The van der Waals surface area contributed by atoms with Gasteiger partial charge in [-0.15, -0.1) is 0 Å². The van der Waals surface area contributed by atoms with Crippen molar-refractivity contribution in [2.24, 2.45) is 21.7 Å². The summed E-state index contributed by atoms with van der Waals surface area (Å²) >= 11 is 0. The lowest BCUT2D eigenvalue weighted by Gasteiger charge is -2.46. The quantitative estimate of drug-likeness (QED) is 0.123. The summed E-state index contributed by atoms with van der Waals surface area (Å²) in [6.07, 6.45) is 1.16. The van der Waals surface area contributed by atoms with E-state index in [1.165, 1.54) is 50.1 Å². The van der Waals surface area contributed by atoms with E-state index in [-0.39, 0.29) is 34.3 Å². The number of aryl methyl sites for hydroxylation is 1. The summed E-state index contributed by atoms with van der Waals surface area (Å²) in [5.41, 5.74) is 10.8. The molecule has 0 spiro atoms. The maximum absolute atomic E-state index is 12.0. The summed E-state index contributed by atoms with van der Waals surface area (Å²) in [5.74, 6) is -0.155. The van der Waals surface area contributed by atoms with Crippen LogP contribution in [0, 0.1) is 28.6 Å². The minimum Gasteiger partial charge on any atom is -0.464 e. The van der Waals surface area contributed by atoms with Gasteiger partial charge in [0.1, 0.15) is 12.2 Å². The summed E-state index contributed by atoms with van der Waals surface area (Å²) in [4.78, 5) is 23.3. The number of hydrogen-bond acceptors (Lipinski definition) is 4. The molecule has 356 valence electrons. The topological polar surface area (TPSA) is 52.6 Å². The van der Waals surface area contributed by atoms with Crippen LogP contribution in [-0.2, 0) is 30.9 Å². The zero-order valence-electron chi connectivity index (χ0n) is 43.7. The van der Waals surface area contributed by atoms with E-state index < -0.39 is 10.8 Å². The molecule has 0 heterocycles. The summed E-state index contributed by atoms with van der Waals surface area (Å²) < 4.78 is 10.7. The Hall–Kier alpha value is -5.74. The Morgan fingerprint density at radius 3 is 1.12 bits per heavy atom. The van der Waals surface area contributed by atoms with Crippen LogP contribution in [0.3, 0.4) is 0 Å². The first-order valence-corrected chi connectivity index (χ1v) is 24.0. The Morgan fingerprint density at radius 2 is 0.806 bits per heavy atom. The molecule has 0 saturated carbocycles. The second-order valence-electron chi connectivity index (χ2n) is 23.1. The molecule has 0 unspecified atom stereocenters. The molecule has 67 heavy (non-hydrogen) atoms. The molecule has 1 aliphatic rings. The molecule has 7 rings (SSSR count). The van der Waals surface area contributed by atoms with E-state index in [2.05, 4.69) is 200 Å². The fourth-order valence-corrected chi connectivity index (χ4v) is 8.43. The zero-order chi connectivity index (χ0) is 49.8. The van der Waals surface area contributed by atoms with Gasteiger partial charge < -0.3 is 9.47 Å². The zero-order valence-corrected chi connectivity index (χ0v) is 43.7. The molecule has 0 amide bonds. The Labute approximate surface area is 405 Å². The number of ether oxygens (including phenoxy) is 2. The third kappa shape index (κ3) is 15.1. The predicted octanol–water partition coefficient (Wildman–Crippen LogP) is 16.4. The van der Waals surface area contributed by atoms with Crippen molar-refractivity contribution in [2.45, 2.75) is 134 Å². The van der Waals surface area contributed by atoms with Gasteiger partial charge in [-0.3, -0.25) is 9.59 Å². The lowest BCUT2D eigenvalue weighted by Crippen LogP contribution is -2.42. The highest BCUT2D eigenvalue weighted by molar-refractivity contribution is 5.80. The Bertz CT molecular complexity index is 2310. The molecule has 4 heteroatoms. The summed E-state index contributed by atoms with van der Waals surface area (Å²) in [7, 11) is 0. The molecule has 1 aliphatic carbocycles. The normalized spacial score (nSPS) is 12.7. The maximum Gasteiger partial charge on any atom is 0.311 e. The summed E-state index contributed by atoms with van der Waals surface area (Å²) in [5, 5.41) is 0. The lowest BCUT2D eigenvalue weighted by molar-refractivity contribution is -0.164. The van der Waals surface area contributed by atoms with Crippen LogP contribution in [0.5, 0.6) is 0 Å². The van der Waals surface area contributed by atoms with Gasteiger partial charge in [-0.1, -0.05) is 211 Å². The molecule has 0 saturated heterocycles. The van der Waals surface area contributed by atoms with Crippen molar-refractivity contribution in [2.75, 3.05) is 6.61 Å². The van der Waals surface area contributed by atoms with E-state index in [0.29, 0.717) is 12.0 Å². The molecular weight excluding hydrogens is 821 g/mol. The second kappa shape index (κ2) is 22.4. The van der Waals surface area contributed by atoms with Gasteiger partial charge in [0.15, 0.2) is 0 Å². The molecule has 0 N–H and O–H groups in total. The molecule has 0 fully saturated rings. The van der Waals surface area contributed by atoms with Crippen molar-refractivity contribution in [3.05, 3.63) is 203 Å². The van der Waals surface area contributed by atoms with Crippen LogP contribution in [0.15, 0.2) is 164 Å². The maximum atomic E-state index is 12.0. The molecular formula is C63H80O4. The van der Waals surface area contributed by atoms with Crippen LogP contribution in [0.25, 0.3) is 11.1 Å². The molecule has 4 nitrogen and oxygen atoms in total. The number of rotatable bonds is 6. The van der Waals surface area contributed by atoms with Gasteiger partial charge in [0, 0.05) is 11.3 Å². The smallest absolute Gasteiger partial charge is 0.311 e. The largest absolute Gasteiger partial charge is 0.464 e. The number of hydrogen-bond donors (Lipinski definition) is 0. The van der Waals surface area contributed by atoms with Crippen LogP contribution in [0.2, 0.25) is 0 Å². The fraction of sp³-hybridized carbons (Fsp3) is 0.397. The number of fused-ring (bicyclic) bond motifs is 3. The highest BCUT2D eigenvalue weighted by Gasteiger charge is 2.46. The fourth-order valence-electron chi connectivity index (χ4n) is 8.43. The Kier molecular flexibility index (Phi) is 18.0. The first-order chi connectivity index (χ1) is 31.1. The van der Waals surface area contributed by atoms with Crippen molar-refractivity contribution in [1.82, 2.24) is 0 Å². The van der Waals surface area contributed by atoms with Crippen LogP contribution in [0.4, 0.5) is 0 Å². The highest BCUT2D eigenvalue weighted by atomic mass is 16.6. The van der Waals surface area contributed by atoms with Crippen LogP contribution >= 0.6 is 0 Å². The van der Waals surface area contributed by atoms with Crippen LogP contribution in [-0.4, -0.2) is 24.1 Å². The van der Waals surface area contributed by atoms with Crippen LogP contribution in [0.1, 0.15) is 149 Å². The van der Waals surface area contributed by atoms with Gasteiger partial charge in [0.05, 0.1) is 10.8 Å². The predicted molar refractivity (Wildman–Crippen MR) is 282 cm³/mol. The van der Waals surface area contributed by atoms with Crippen molar-refractivity contribution in [1.29, 1.82) is 0 Å². The van der Waals surface area contributed by atoms with E-state index in [9.17, 15) is 9.59 Å². The average molecular weight is 901 g/mol. The number of carbonyl (C=O) groups is 2. The van der Waals surface area contributed by atoms with Gasteiger partial charge in [-0.05, 0) is 131 Å². The van der Waals surface area contributed by atoms with Gasteiger partial charge >= 0.3 is 11.9 Å². The molecule has 6 aromatic rings. The first kappa shape index (κ1) is 53.9. The van der Waals surface area contributed by atoms with E-state index in [4.69, 9.17) is 9.47 Å². The summed E-state index contributed by atoms with van der Waals surface area (Å²) in [6.45, 7) is 33.1. The van der Waals surface area contributed by atoms with E-state index in [1.54, 1.807) is 0 Å². The standard InChI is InChI=1S/C23H24.C19H20O2.C12H18.C9H18O2/c1-22(2,3)23(19-13-7-4-8-14-19,20-15-9-5-10-16-20)21-17-11-6-12-18-21;1-19(2,3)18(20)21-12-17-15-10-6-4-8-13(15)14-9-5-7-11-16(14)17;1-10-5-7-11(8-6-10)9-12(2,3)4;1-8(2,3)7(10)11-9(4,5)6/h4-18H,1-3H3;4-11,17H,12H2,1-3H3;5-8H,9H2,1-4H3;1-6H3. The molecule has 0 bridgehead atoms. The third-order valence-electron chi connectivity index (χ3n) is 11.6. The van der Waals surface area contributed by atoms with Gasteiger partial charge in [-0.2, -0.15) is 0 Å². The monoisotopic (exact) mass is 901 g/mol. The minimum atomic E-state index is -0.461. The molecule has 0 radical (unpaired) electrons. The third-order valence-corrected chi connectivity index (χ3v) is 11.6. The van der Waals surface area contributed by atoms with Crippen molar-refractivity contribution in [3.8, 4) is 11.1 Å². The Morgan fingerprint density at radius 1 is 0.448 bits per heavy atom. The van der Waals surface area contributed by atoms with Gasteiger partial charge in [0.25, 0.3) is 0 Å². The van der Waals surface area contributed by atoms with Crippen molar-refractivity contribution >= 4 is 11.9 Å². The lowest BCUT2D eigenvalue weighted by atomic mass is 9.56. The van der Waals surface area contributed by atoms with Crippen molar-refractivity contribution < 1.29 is 19.1 Å². The van der Waals surface area contributed by atoms with E-state index in [0.717, 1.165) is 6.42 Å². The summed E-state index contributed by atoms with van der Waals surface area (Å²) in [6, 6.07) is 58.2.